The highest BCUT2D eigenvalue weighted by molar-refractivity contribution is 6.40. The molecule has 8 heteroatoms. The van der Waals surface area contributed by atoms with Crippen LogP contribution >= 0.6 is 0 Å². The van der Waals surface area contributed by atoms with E-state index >= 15 is 0 Å². The lowest BCUT2D eigenvalue weighted by molar-refractivity contribution is -0.144. The molecule has 0 amide bonds. The van der Waals surface area contributed by atoms with Crippen molar-refractivity contribution in [3.63, 3.8) is 0 Å². The minimum Gasteiger partial charge on any atom is -0.480 e. The second-order valence-corrected chi connectivity index (χ2v) is 7.78. The van der Waals surface area contributed by atoms with Crippen LogP contribution in [0.5, 0.6) is 0 Å². The van der Waals surface area contributed by atoms with Crippen molar-refractivity contribution in [2.45, 2.75) is 69.3 Å². The maximum absolute atomic E-state index is 11.7. The molecule has 0 aromatic heterocycles. The fraction of sp³-hybridized carbons (Fsp3) is 0.941. The van der Waals surface area contributed by atoms with Gasteiger partial charge in [0, 0.05) is 19.1 Å². The third-order valence-corrected chi connectivity index (χ3v) is 5.77. The summed E-state index contributed by atoms with van der Waals surface area (Å²) in [6.45, 7) is 5.24. The molecule has 2 unspecified atom stereocenters. The summed E-state index contributed by atoms with van der Waals surface area (Å²) in [5, 5.41) is 27.3. The topological polar surface area (TPSA) is 110 Å². The number of hydrogen-bond acceptors (Lipinski definition) is 6. The molecule has 2 rings (SSSR count). The minimum atomic E-state index is -1.33. The van der Waals surface area contributed by atoms with Gasteiger partial charge in [0.2, 0.25) is 0 Å². The number of carbonyl (C=O) groups is 1. The summed E-state index contributed by atoms with van der Waals surface area (Å²) >= 11 is 0. The summed E-state index contributed by atoms with van der Waals surface area (Å²) in [5.74, 6) is -0.952. The zero-order valence-electron chi connectivity index (χ0n) is 15.3. The Morgan fingerprint density at radius 3 is 2.48 bits per heavy atom. The van der Waals surface area contributed by atoms with Gasteiger partial charge in [-0.2, -0.15) is 0 Å². The van der Waals surface area contributed by atoms with Crippen LogP contribution < -0.4 is 5.73 Å². The summed E-state index contributed by atoms with van der Waals surface area (Å²) in [5.41, 5.74) is 4.96. The van der Waals surface area contributed by atoms with Gasteiger partial charge < -0.3 is 25.8 Å². The Labute approximate surface area is 151 Å². The fourth-order valence-electron chi connectivity index (χ4n) is 4.11. The first-order valence-electron chi connectivity index (χ1n) is 9.75. The zero-order chi connectivity index (χ0) is 18.3. The van der Waals surface area contributed by atoms with E-state index in [1.807, 2.05) is 0 Å². The molecule has 25 heavy (non-hydrogen) atoms. The minimum absolute atomic E-state index is 0.264. The lowest BCUT2D eigenvalue weighted by atomic mass is 9.81. The van der Waals surface area contributed by atoms with Crippen LogP contribution in [0.4, 0.5) is 0 Å². The molecule has 7 nitrogen and oxygen atoms in total. The highest BCUT2D eigenvalue weighted by Gasteiger charge is 2.35. The molecule has 2 aliphatic heterocycles. The van der Waals surface area contributed by atoms with Crippen LogP contribution in [-0.2, 0) is 4.79 Å². The molecule has 0 aromatic rings. The van der Waals surface area contributed by atoms with Gasteiger partial charge >= 0.3 is 13.1 Å². The van der Waals surface area contributed by atoms with Crippen LogP contribution in [0.3, 0.4) is 0 Å². The predicted molar refractivity (Wildman–Crippen MR) is 98.3 cm³/mol. The van der Waals surface area contributed by atoms with Gasteiger partial charge in [0.15, 0.2) is 0 Å². The first-order valence-corrected chi connectivity index (χ1v) is 9.75. The van der Waals surface area contributed by atoms with E-state index in [-0.39, 0.29) is 6.32 Å². The van der Waals surface area contributed by atoms with Crippen molar-refractivity contribution in [2.75, 3.05) is 32.7 Å². The molecule has 0 radical (unpaired) electrons. The maximum Gasteiger partial charge on any atom is 0.451 e. The monoisotopic (exact) mass is 355 g/mol. The number of unbranched alkanes of at least 4 members (excludes halogenated alkanes) is 1. The van der Waals surface area contributed by atoms with E-state index in [0.717, 1.165) is 19.6 Å². The van der Waals surface area contributed by atoms with E-state index in [0.29, 0.717) is 31.7 Å². The Hall–Kier alpha value is -0.665. The molecule has 144 valence electrons. The maximum atomic E-state index is 11.7. The van der Waals surface area contributed by atoms with Gasteiger partial charge in [-0.3, -0.25) is 9.69 Å². The van der Waals surface area contributed by atoms with E-state index in [1.54, 1.807) is 0 Å². The van der Waals surface area contributed by atoms with Gasteiger partial charge in [0.25, 0.3) is 0 Å². The highest BCUT2D eigenvalue weighted by atomic mass is 16.4. The van der Waals surface area contributed by atoms with Crippen molar-refractivity contribution in [1.82, 2.24) is 9.80 Å². The zero-order valence-corrected chi connectivity index (χ0v) is 15.3. The van der Waals surface area contributed by atoms with Gasteiger partial charge in [-0.1, -0.05) is 12.8 Å². The highest BCUT2D eigenvalue weighted by Crippen LogP contribution is 2.24. The molecule has 0 aromatic carbocycles. The van der Waals surface area contributed by atoms with E-state index < -0.39 is 18.6 Å². The first kappa shape index (κ1) is 20.6. The van der Waals surface area contributed by atoms with E-state index in [9.17, 15) is 9.90 Å². The summed E-state index contributed by atoms with van der Waals surface area (Å²) in [7, 11) is -1.33. The molecular formula is C17H34BN3O4. The SMILES string of the molecule is NC(CCCCB(O)O)(CCN1CCCC1CN1CCCC1)C(=O)O. The molecular weight excluding hydrogens is 321 g/mol. The van der Waals surface area contributed by atoms with Crippen LogP contribution in [-0.4, -0.2) is 82.3 Å². The van der Waals surface area contributed by atoms with Crippen molar-refractivity contribution in [2.24, 2.45) is 5.73 Å². The Morgan fingerprint density at radius 1 is 1.12 bits per heavy atom. The van der Waals surface area contributed by atoms with Crippen molar-refractivity contribution < 1.29 is 19.9 Å². The Morgan fingerprint density at radius 2 is 1.84 bits per heavy atom. The van der Waals surface area contributed by atoms with Crippen molar-refractivity contribution in [1.29, 1.82) is 0 Å². The number of likely N-dealkylation sites (tertiary alicyclic amines) is 2. The first-order chi connectivity index (χ1) is 11.9. The number of nitrogens with zero attached hydrogens (tertiary/aromatic N) is 2. The summed E-state index contributed by atoms with van der Waals surface area (Å²) in [4.78, 5) is 16.6. The molecule has 0 aliphatic carbocycles. The van der Waals surface area contributed by atoms with Gasteiger partial charge in [0.1, 0.15) is 5.54 Å². The van der Waals surface area contributed by atoms with Crippen LogP contribution in [0.15, 0.2) is 0 Å². The second-order valence-electron chi connectivity index (χ2n) is 7.78. The van der Waals surface area contributed by atoms with Gasteiger partial charge in [-0.15, -0.1) is 0 Å². The quantitative estimate of drug-likeness (QED) is 0.313. The Kier molecular flexibility index (Phi) is 8.15. The number of carboxylic acids is 1. The van der Waals surface area contributed by atoms with Crippen LogP contribution in [0.25, 0.3) is 0 Å². The molecule has 2 saturated heterocycles. The van der Waals surface area contributed by atoms with E-state index in [1.165, 1.54) is 38.8 Å². The summed E-state index contributed by atoms with van der Waals surface area (Å²) < 4.78 is 0. The fourth-order valence-corrected chi connectivity index (χ4v) is 4.11. The number of hydrogen-bond donors (Lipinski definition) is 4. The second kappa shape index (κ2) is 9.87. The molecule has 2 fully saturated rings. The van der Waals surface area contributed by atoms with E-state index in [4.69, 9.17) is 15.8 Å². The van der Waals surface area contributed by atoms with E-state index in [2.05, 4.69) is 9.80 Å². The Balaban J connectivity index is 1.78. The van der Waals surface area contributed by atoms with Crippen LogP contribution in [0.1, 0.15) is 51.4 Å². The third kappa shape index (κ3) is 6.53. The number of rotatable bonds is 11. The smallest absolute Gasteiger partial charge is 0.451 e. The molecule has 2 atom stereocenters. The largest absolute Gasteiger partial charge is 0.480 e. The Bertz CT molecular complexity index is 421. The number of nitrogens with two attached hydrogens (primary N) is 1. The van der Waals surface area contributed by atoms with Gasteiger partial charge in [-0.05, 0) is 64.5 Å². The van der Waals surface area contributed by atoms with Crippen LogP contribution in [0, 0.1) is 0 Å². The molecule has 2 aliphatic rings. The van der Waals surface area contributed by atoms with Gasteiger partial charge in [-0.25, -0.2) is 0 Å². The molecule has 5 N–H and O–H groups in total. The summed E-state index contributed by atoms with van der Waals surface area (Å²) in [6.07, 6.45) is 7.20. The van der Waals surface area contributed by atoms with Crippen molar-refractivity contribution >= 4 is 13.1 Å². The number of carboxylic acid groups (broad SMARTS) is 1. The van der Waals surface area contributed by atoms with Crippen molar-refractivity contribution in [3.8, 4) is 0 Å². The lowest BCUT2D eigenvalue weighted by Crippen LogP contribution is -2.51. The molecule has 2 heterocycles. The lowest BCUT2D eigenvalue weighted by Gasteiger charge is -2.32. The normalized spacial score (nSPS) is 24.5. The van der Waals surface area contributed by atoms with Crippen molar-refractivity contribution in [3.05, 3.63) is 0 Å². The average Bonchev–Trinajstić information content (AvgIpc) is 3.22. The predicted octanol–water partition coefficient (Wildman–Crippen LogP) is 0.362. The van der Waals surface area contributed by atoms with Gasteiger partial charge in [0.05, 0.1) is 0 Å². The molecule has 0 spiro atoms. The van der Waals surface area contributed by atoms with Crippen LogP contribution in [0.2, 0.25) is 6.32 Å². The average molecular weight is 355 g/mol. The molecule has 0 saturated carbocycles. The number of aliphatic carboxylic acids is 1. The standard InChI is InChI=1S/C17H34BN3O4/c19-17(16(22)23,7-1-2-9-18(24)25)8-13-21-12-5-6-15(21)14-20-10-3-4-11-20/h15,24-25H,1-14,19H2,(H,22,23). The molecule has 0 bridgehead atoms. The third-order valence-electron chi connectivity index (χ3n) is 5.77. The summed E-state index contributed by atoms with van der Waals surface area (Å²) in [6, 6.07) is 0.528.